The summed E-state index contributed by atoms with van der Waals surface area (Å²) in [4.78, 5) is 12.9. The second-order valence-electron chi connectivity index (χ2n) is 6.82. The molecule has 1 N–H and O–H groups in total. The second kappa shape index (κ2) is 7.33. The van der Waals surface area contributed by atoms with Crippen LogP contribution in [0.15, 0.2) is 53.6 Å². The van der Waals surface area contributed by atoms with Gasteiger partial charge in [-0.3, -0.25) is 9.20 Å². The van der Waals surface area contributed by atoms with E-state index in [-0.39, 0.29) is 10.8 Å². The van der Waals surface area contributed by atoms with Gasteiger partial charge in [-0.05, 0) is 50.1 Å². The Bertz CT molecular complexity index is 1120. The van der Waals surface area contributed by atoms with Gasteiger partial charge in [0.25, 0.3) is 5.91 Å². The number of nitrogens with zero attached hydrogens (tertiary/aromatic N) is 4. The van der Waals surface area contributed by atoms with E-state index in [1.807, 2.05) is 31.3 Å². The number of carbonyl (C=O) groups is 1. The van der Waals surface area contributed by atoms with Gasteiger partial charge in [-0.2, -0.15) is 4.31 Å². The van der Waals surface area contributed by atoms with Gasteiger partial charge in [-0.1, -0.05) is 12.1 Å². The third kappa shape index (κ3) is 3.38. The summed E-state index contributed by atoms with van der Waals surface area (Å²) < 4.78 is 28.7. The van der Waals surface area contributed by atoms with Gasteiger partial charge in [0.1, 0.15) is 0 Å². The topological polar surface area (TPSA) is 96.7 Å². The Balaban J connectivity index is 1.55. The van der Waals surface area contributed by atoms with E-state index in [0.29, 0.717) is 30.1 Å². The maximum atomic E-state index is 12.7. The van der Waals surface area contributed by atoms with Crippen LogP contribution in [0.3, 0.4) is 0 Å². The molecule has 1 aliphatic heterocycles. The SMILES string of the molecule is CC(NC(=O)c1cccc(S(=O)(=O)N2CCCC2)c1)c1nnc2ccccn12. The van der Waals surface area contributed by atoms with Gasteiger partial charge in [-0.15, -0.1) is 10.2 Å². The minimum atomic E-state index is -3.57. The highest BCUT2D eigenvalue weighted by Crippen LogP contribution is 2.22. The van der Waals surface area contributed by atoms with Crippen molar-refractivity contribution < 1.29 is 13.2 Å². The van der Waals surface area contributed by atoms with E-state index < -0.39 is 16.1 Å². The van der Waals surface area contributed by atoms with Gasteiger partial charge in [0.15, 0.2) is 11.5 Å². The first kappa shape index (κ1) is 18.6. The number of aromatic nitrogens is 3. The third-order valence-electron chi connectivity index (χ3n) is 4.87. The van der Waals surface area contributed by atoms with E-state index in [0.717, 1.165) is 12.8 Å². The molecule has 1 amide bonds. The summed E-state index contributed by atoms with van der Waals surface area (Å²) in [6.07, 6.45) is 3.56. The van der Waals surface area contributed by atoms with Crippen molar-refractivity contribution in [3.05, 3.63) is 60.0 Å². The van der Waals surface area contributed by atoms with Crippen LogP contribution in [0.1, 0.15) is 42.0 Å². The highest BCUT2D eigenvalue weighted by molar-refractivity contribution is 7.89. The average molecular weight is 399 g/mol. The number of sulfonamides is 1. The fraction of sp³-hybridized carbons (Fsp3) is 0.316. The van der Waals surface area contributed by atoms with Crippen LogP contribution in [0.25, 0.3) is 5.65 Å². The number of fused-ring (bicyclic) bond motifs is 1. The molecule has 146 valence electrons. The van der Waals surface area contributed by atoms with Crippen LogP contribution in [0.5, 0.6) is 0 Å². The third-order valence-corrected chi connectivity index (χ3v) is 6.77. The number of rotatable bonds is 5. The van der Waals surface area contributed by atoms with Crippen molar-refractivity contribution in [2.75, 3.05) is 13.1 Å². The second-order valence-corrected chi connectivity index (χ2v) is 8.76. The monoisotopic (exact) mass is 399 g/mol. The van der Waals surface area contributed by atoms with Gasteiger partial charge >= 0.3 is 0 Å². The molecular weight excluding hydrogens is 378 g/mol. The summed E-state index contributed by atoms with van der Waals surface area (Å²) in [6, 6.07) is 11.3. The molecule has 4 rings (SSSR count). The molecule has 0 bridgehead atoms. The Morgan fingerprint density at radius 1 is 1.11 bits per heavy atom. The number of amides is 1. The molecule has 1 fully saturated rings. The van der Waals surface area contributed by atoms with Gasteiger partial charge in [0.2, 0.25) is 10.0 Å². The minimum absolute atomic E-state index is 0.141. The summed E-state index contributed by atoms with van der Waals surface area (Å²) in [5, 5.41) is 11.1. The fourth-order valence-electron chi connectivity index (χ4n) is 3.38. The molecule has 1 atom stereocenters. The lowest BCUT2D eigenvalue weighted by molar-refractivity contribution is 0.0938. The van der Waals surface area contributed by atoms with Crippen molar-refractivity contribution in [3.8, 4) is 0 Å². The standard InChI is InChI=1S/C19H21N5O3S/c1-14(18-22-21-17-9-2-3-12-24(17)18)20-19(25)15-7-6-8-16(13-15)28(26,27)23-10-4-5-11-23/h2-3,6-9,12-14H,4-5,10-11H2,1H3,(H,20,25). The van der Waals surface area contributed by atoms with E-state index in [9.17, 15) is 13.2 Å². The number of nitrogens with one attached hydrogen (secondary N) is 1. The molecule has 1 unspecified atom stereocenters. The van der Waals surface area contributed by atoms with E-state index in [1.54, 1.807) is 16.5 Å². The predicted octanol–water partition coefficient (Wildman–Crippen LogP) is 2.00. The number of pyridine rings is 1. The van der Waals surface area contributed by atoms with Crippen LogP contribution in [-0.4, -0.2) is 46.3 Å². The zero-order valence-corrected chi connectivity index (χ0v) is 16.3. The lowest BCUT2D eigenvalue weighted by Crippen LogP contribution is -2.29. The molecule has 0 radical (unpaired) electrons. The van der Waals surface area contributed by atoms with Crippen molar-refractivity contribution >= 4 is 21.6 Å². The number of carbonyl (C=O) groups excluding carboxylic acids is 1. The molecule has 1 aromatic carbocycles. The first-order chi connectivity index (χ1) is 13.5. The van der Waals surface area contributed by atoms with Gasteiger partial charge in [0.05, 0.1) is 10.9 Å². The quantitative estimate of drug-likeness (QED) is 0.708. The zero-order valence-electron chi connectivity index (χ0n) is 15.4. The van der Waals surface area contributed by atoms with Gasteiger partial charge < -0.3 is 5.32 Å². The lowest BCUT2D eigenvalue weighted by Gasteiger charge is -2.16. The van der Waals surface area contributed by atoms with E-state index in [2.05, 4.69) is 15.5 Å². The smallest absolute Gasteiger partial charge is 0.251 e. The van der Waals surface area contributed by atoms with E-state index in [4.69, 9.17) is 0 Å². The number of benzene rings is 1. The van der Waals surface area contributed by atoms with Crippen LogP contribution in [0, 0.1) is 0 Å². The average Bonchev–Trinajstić information content (AvgIpc) is 3.38. The number of hydrogen-bond acceptors (Lipinski definition) is 5. The van der Waals surface area contributed by atoms with Crippen LogP contribution in [0.4, 0.5) is 0 Å². The van der Waals surface area contributed by atoms with Crippen LogP contribution in [-0.2, 0) is 10.0 Å². The van der Waals surface area contributed by atoms with Gasteiger partial charge in [0, 0.05) is 24.8 Å². The van der Waals surface area contributed by atoms with E-state index >= 15 is 0 Å². The maximum Gasteiger partial charge on any atom is 0.251 e. The van der Waals surface area contributed by atoms with Crippen LogP contribution in [0.2, 0.25) is 0 Å². The van der Waals surface area contributed by atoms with Crippen LogP contribution < -0.4 is 5.32 Å². The first-order valence-corrected chi connectivity index (χ1v) is 10.6. The molecule has 3 heterocycles. The zero-order chi connectivity index (χ0) is 19.7. The van der Waals surface area contributed by atoms with Crippen molar-refractivity contribution in [2.45, 2.75) is 30.7 Å². The summed E-state index contributed by atoms with van der Waals surface area (Å²) in [7, 11) is -3.57. The molecular formula is C19H21N5O3S. The van der Waals surface area contributed by atoms with Crippen molar-refractivity contribution in [1.82, 2.24) is 24.2 Å². The Hall–Kier alpha value is -2.78. The molecule has 0 aliphatic carbocycles. The Labute approximate surface area is 163 Å². The highest BCUT2D eigenvalue weighted by Gasteiger charge is 2.28. The Kier molecular flexibility index (Phi) is 4.86. The highest BCUT2D eigenvalue weighted by atomic mass is 32.2. The fourth-order valence-corrected chi connectivity index (χ4v) is 4.94. The molecule has 28 heavy (non-hydrogen) atoms. The molecule has 1 aliphatic rings. The number of hydrogen-bond donors (Lipinski definition) is 1. The Morgan fingerprint density at radius 3 is 2.68 bits per heavy atom. The molecule has 0 saturated carbocycles. The summed E-state index contributed by atoms with van der Waals surface area (Å²) in [5.74, 6) is 0.239. The van der Waals surface area contributed by atoms with Crippen molar-refractivity contribution in [1.29, 1.82) is 0 Å². The minimum Gasteiger partial charge on any atom is -0.342 e. The molecule has 2 aromatic heterocycles. The lowest BCUT2D eigenvalue weighted by atomic mass is 10.2. The van der Waals surface area contributed by atoms with Crippen molar-refractivity contribution in [3.63, 3.8) is 0 Å². The molecule has 9 heteroatoms. The predicted molar refractivity (Wildman–Crippen MR) is 103 cm³/mol. The maximum absolute atomic E-state index is 12.7. The summed E-state index contributed by atoms with van der Waals surface area (Å²) >= 11 is 0. The largest absolute Gasteiger partial charge is 0.342 e. The van der Waals surface area contributed by atoms with E-state index in [1.165, 1.54) is 16.4 Å². The molecule has 1 saturated heterocycles. The Morgan fingerprint density at radius 2 is 1.89 bits per heavy atom. The van der Waals surface area contributed by atoms with Gasteiger partial charge in [-0.25, -0.2) is 8.42 Å². The van der Waals surface area contributed by atoms with Crippen molar-refractivity contribution in [2.24, 2.45) is 0 Å². The summed E-state index contributed by atoms with van der Waals surface area (Å²) in [5.41, 5.74) is 0.984. The molecule has 0 spiro atoms. The van der Waals surface area contributed by atoms with Crippen LogP contribution >= 0.6 is 0 Å². The molecule has 3 aromatic rings. The summed E-state index contributed by atoms with van der Waals surface area (Å²) in [6.45, 7) is 2.86. The molecule has 8 nitrogen and oxygen atoms in total. The normalized spacial score (nSPS) is 16.3. The first-order valence-electron chi connectivity index (χ1n) is 9.17.